The highest BCUT2D eigenvalue weighted by atomic mass is 16.5. The Bertz CT molecular complexity index is 835. The molecule has 136 valence electrons. The van der Waals surface area contributed by atoms with Gasteiger partial charge in [0.1, 0.15) is 5.75 Å². The van der Waals surface area contributed by atoms with E-state index in [9.17, 15) is 9.59 Å². The van der Waals surface area contributed by atoms with Crippen LogP contribution in [0.25, 0.3) is 0 Å². The van der Waals surface area contributed by atoms with Crippen molar-refractivity contribution in [3.8, 4) is 17.2 Å². The van der Waals surface area contributed by atoms with Crippen molar-refractivity contribution < 1.29 is 23.8 Å². The summed E-state index contributed by atoms with van der Waals surface area (Å²) in [6, 6.07) is 10.6. The van der Waals surface area contributed by atoms with E-state index in [4.69, 9.17) is 19.9 Å². The van der Waals surface area contributed by atoms with Crippen LogP contribution in [0.1, 0.15) is 21.5 Å². The first-order valence-corrected chi connectivity index (χ1v) is 8.19. The third-order valence-corrected chi connectivity index (χ3v) is 4.00. The number of fused-ring (bicyclic) bond motifs is 1. The van der Waals surface area contributed by atoms with E-state index in [-0.39, 0.29) is 12.5 Å². The fourth-order valence-electron chi connectivity index (χ4n) is 2.70. The van der Waals surface area contributed by atoms with Crippen molar-refractivity contribution in [3.05, 3.63) is 53.1 Å². The first-order chi connectivity index (χ1) is 12.6. The average molecular weight is 356 g/mol. The number of methoxy groups -OCH3 is 1. The summed E-state index contributed by atoms with van der Waals surface area (Å²) in [4.78, 5) is 23.2. The Balaban J connectivity index is 1.63. The van der Waals surface area contributed by atoms with Crippen LogP contribution in [0.5, 0.6) is 17.2 Å². The molecule has 0 saturated carbocycles. The Morgan fingerprint density at radius 1 is 1.19 bits per heavy atom. The second-order valence-electron chi connectivity index (χ2n) is 5.84. The summed E-state index contributed by atoms with van der Waals surface area (Å²) >= 11 is 0. The van der Waals surface area contributed by atoms with Gasteiger partial charge in [-0.25, -0.2) is 0 Å². The Morgan fingerprint density at radius 3 is 2.81 bits per heavy atom. The van der Waals surface area contributed by atoms with Gasteiger partial charge >= 0.3 is 0 Å². The minimum absolute atomic E-state index is 0.160. The molecular formula is C19H20N2O5. The fraction of sp³-hybridized carbons (Fsp3) is 0.263. The summed E-state index contributed by atoms with van der Waals surface area (Å²) in [5, 5.41) is 2.88. The number of amides is 2. The van der Waals surface area contributed by atoms with Crippen LogP contribution in [0.15, 0.2) is 36.4 Å². The van der Waals surface area contributed by atoms with Gasteiger partial charge in [0.25, 0.3) is 11.8 Å². The van der Waals surface area contributed by atoms with E-state index < -0.39 is 5.91 Å². The van der Waals surface area contributed by atoms with E-state index >= 15 is 0 Å². The molecule has 7 heteroatoms. The van der Waals surface area contributed by atoms with Gasteiger partial charge in [0, 0.05) is 18.5 Å². The average Bonchev–Trinajstić information content (AvgIpc) is 3.12. The van der Waals surface area contributed by atoms with Crippen LogP contribution in [0, 0.1) is 0 Å². The normalized spacial score (nSPS) is 12.0. The first-order valence-electron chi connectivity index (χ1n) is 8.19. The summed E-state index contributed by atoms with van der Waals surface area (Å²) in [5.41, 5.74) is 7.56. The molecule has 0 spiro atoms. The first kappa shape index (κ1) is 17.6. The second kappa shape index (κ2) is 7.77. The molecule has 1 heterocycles. The van der Waals surface area contributed by atoms with Crippen LogP contribution in [0.3, 0.4) is 0 Å². The van der Waals surface area contributed by atoms with Crippen LogP contribution in [-0.2, 0) is 17.8 Å². The minimum atomic E-state index is -0.567. The molecule has 3 rings (SSSR count). The van der Waals surface area contributed by atoms with Gasteiger partial charge in [-0.05, 0) is 41.5 Å². The number of carbonyl (C=O) groups is 2. The van der Waals surface area contributed by atoms with Crippen molar-refractivity contribution in [1.82, 2.24) is 5.32 Å². The zero-order valence-electron chi connectivity index (χ0n) is 14.4. The number of hydrogen-bond donors (Lipinski definition) is 2. The van der Waals surface area contributed by atoms with Gasteiger partial charge in [0.15, 0.2) is 18.1 Å². The maximum Gasteiger partial charge on any atom is 0.255 e. The van der Waals surface area contributed by atoms with Gasteiger partial charge in [-0.3, -0.25) is 9.59 Å². The molecule has 1 aliphatic rings. The molecule has 2 amide bonds. The lowest BCUT2D eigenvalue weighted by Gasteiger charge is -2.12. The van der Waals surface area contributed by atoms with E-state index in [1.807, 2.05) is 12.1 Å². The zero-order chi connectivity index (χ0) is 18.5. The maximum atomic E-state index is 12.4. The summed E-state index contributed by atoms with van der Waals surface area (Å²) in [6.07, 6.45) is 0.820. The lowest BCUT2D eigenvalue weighted by Crippen LogP contribution is -2.23. The summed E-state index contributed by atoms with van der Waals surface area (Å²) in [6.45, 7) is 0.762. The molecule has 0 fully saturated rings. The molecule has 3 N–H and O–H groups in total. The largest absolute Gasteiger partial charge is 0.493 e. The number of nitrogens with two attached hydrogens (primary N) is 1. The van der Waals surface area contributed by atoms with E-state index in [2.05, 4.69) is 5.32 Å². The number of nitrogens with one attached hydrogen (secondary N) is 1. The van der Waals surface area contributed by atoms with Crippen LogP contribution < -0.4 is 25.3 Å². The third-order valence-electron chi connectivity index (χ3n) is 4.00. The smallest absolute Gasteiger partial charge is 0.255 e. The predicted octanol–water partition coefficient (Wildman–Crippen LogP) is 1.42. The number of carbonyl (C=O) groups excluding carboxylic acids is 2. The lowest BCUT2D eigenvalue weighted by molar-refractivity contribution is -0.119. The van der Waals surface area contributed by atoms with Gasteiger partial charge in [-0.2, -0.15) is 0 Å². The molecule has 0 bridgehead atoms. The molecule has 0 unspecified atom stereocenters. The second-order valence-corrected chi connectivity index (χ2v) is 5.84. The van der Waals surface area contributed by atoms with Gasteiger partial charge in [0.05, 0.1) is 13.7 Å². The Kier molecular flexibility index (Phi) is 5.26. The van der Waals surface area contributed by atoms with E-state index in [0.29, 0.717) is 30.2 Å². The van der Waals surface area contributed by atoms with Crippen LogP contribution in [0.4, 0.5) is 0 Å². The van der Waals surface area contributed by atoms with Crippen molar-refractivity contribution >= 4 is 11.8 Å². The molecular weight excluding hydrogens is 336 g/mol. The van der Waals surface area contributed by atoms with Gasteiger partial charge in [-0.15, -0.1) is 0 Å². The van der Waals surface area contributed by atoms with Crippen molar-refractivity contribution in [2.75, 3.05) is 20.3 Å². The van der Waals surface area contributed by atoms with Crippen LogP contribution in [-0.4, -0.2) is 32.1 Å². The SMILES string of the molecule is COc1cc(CNC(=O)c2ccc3c(c2)CCO3)ccc1OCC(N)=O. The number of benzene rings is 2. The van der Waals surface area contributed by atoms with Crippen molar-refractivity contribution in [2.45, 2.75) is 13.0 Å². The molecule has 0 aliphatic carbocycles. The standard InChI is InChI=1S/C19H20N2O5/c1-24-17-8-12(2-4-16(17)26-11-18(20)22)10-21-19(23)14-3-5-15-13(9-14)6-7-25-15/h2-5,8-9H,6-7,10-11H2,1H3,(H2,20,22)(H,21,23). The highest BCUT2D eigenvalue weighted by molar-refractivity contribution is 5.94. The Hall–Kier alpha value is -3.22. The highest BCUT2D eigenvalue weighted by Crippen LogP contribution is 2.28. The van der Waals surface area contributed by atoms with E-state index in [0.717, 1.165) is 23.3 Å². The monoisotopic (exact) mass is 356 g/mol. The molecule has 0 saturated heterocycles. The van der Waals surface area contributed by atoms with E-state index in [1.54, 1.807) is 24.3 Å². The molecule has 2 aromatic rings. The predicted molar refractivity (Wildman–Crippen MR) is 94.5 cm³/mol. The number of ether oxygens (including phenoxy) is 3. The maximum absolute atomic E-state index is 12.4. The third kappa shape index (κ3) is 4.05. The molecule has 0 radical (unpaired) electrons. The summed E-state index contributed by atoms with van der Waals surface area (Å²) < 4.78 is 16.0. The van der Waals surface area contributed by atoms with Crippen LogP contribution in [0.2, 0.25) is 0 Å². The number of hydrogen-bond acceptors (Lipinski definition) is 5. The lowest BCUT2D eigenvalue weighted by atomic mass is 10.1. The van der Waals surface area contributed by atoms with Gasteiger partial charge in [0.2, 0.25) is 0 Å². The number of rotatable bonds is 7. The Morgan fingerprint density at radius 2 is 2.04 bits per heavy atom. The van der Waals surface area contributed by atoms with Crippen molar-refractivity contribution in [2.24, 2.45) is 5.73 Å². The van der Waals surface area contributed by atoms with Gasteiger partial charge < -0.3 is 25.3 Å². The number of primary amides is 1. The van der Waals surface area contributed by atoms with Crippen molar-refractivity contribution in [3.63, 3.8) is 0 Å². The molecule has 0 atom stereocenters. The van der Waals surface area contributed by atoms with Crippen LogP contribution >= 0.6 is 0 Å². The molecule has 2 aromatic carbocycles. The molecule has 0 aromatic heterocycles. The van der Waals surface area contributed by atoms with Crippen molar-refractivity contribution in [1.29, 1.82) is 0 Å². The highest BCUT2D eigenvalue weighted by Gasteiger charge is 2.15. The van der Waals surface area contributed by atoms with E-state index in [1.165, 1.54) is 7.11 Å². The quantitative estimate of drug-likeness (QED) is 0.782. The molecule has 1 aliphatic heterocycles. The molecule has 26 heavy (non-hydrogen) atoms. The topological polar surface area (TPSA) is 99.9 Å². The summed E-state index contributed by atoms with van der Waals surface area (Å²) in [7, 11) is 1.50. The molecule has 7 nitrogen and oxygen atoms in total. The minimum Gasteiger partial charge on any atom is -0.493 e. The fourth-order valence-corrected chi connectivity index (χ4v) is 2.70. The summed E-state index contributed by atoms with van der Waals surface area (Å²) in [5.74, 6) is 1.00. The zero-order valence-corrected chi connectivity index (χ0v) is 14.4. The Labute approximate surface area is 151 Å². The van der Waals surface area contributed by atoms with Gasteiger partial charge in [-0.1, -0.05) is 6.07 Å².